The van der Waals surface area contributed by atoms with Gasteiger partial charge in [0.1, 0.15) is 11.1 Å². The summed E-state index contributed by atoms with van der Waals surface area (Å²) >= 11 is 1.36. The first-order valence-corrected chi connectivity index (χ1v) is 9.88. The number of nitriles is 1. The first-order chi connectivity index (χ1) is 12.9. The Bertz CT molecular complexity index is 909. The monoisotopic (exact) mass is 382 g/mol. The van der Waals surface area contributed by atoms with Gasteiger partial charge in [-0.05, 0) is 32.3 Å². The Kier molecular flexibility index (Phi) is 5.62. The highest BCUT2D eigenvalue weighted by molar-refractivity contribution is 7.17. The highest BCUT2D eigenvalue weighted by atomic mass is 32.1. The third-order valence-electron chi connectivity index (χ3n) is 5.19. The number of aryl methyl sites for hydroxylation is 2. The first kappa shape index (κ1) is 19.1. The van der Waals surface area contributed by atoms with Crippen molar-refractivity contribution < 1.29 is 14.7 Å². The van der Waals surface area contributed by atoms with Crippen LogP contribution in [0.15, 0.2) is 24.3 Å². The zero-order valence-corrected chi connectivity index (χ0v) is 16.2. The van der Waals surface area contributed by atoms with Crippen LogP contribution in [0.1, 0.15) is 41.7 Å². The van der Waals surface area contributed by atoms with Gasteiger partial charge in [0.05, 0.1) is 17.4 Å². The maximum atomic E-state index is 12.8. The molecular formula is C21H22N2O3S. The van der Waals surface area contributed by atoms with Crippen LogP contribution in [0.4, 0.5) is 5.00 Å². The number of carboxylic acid groups (broad SMARTS) is 1. The van der Waals surface area contributed by atoms with Crippen LogP contribution in [0.5, 0.6) is 0 Å². The molecule has 1 aromatic heterocycles. The van der Waals surface area contributed by atoms with Crippen molar-refractivity contribution in [2.24, 2.45) is 11.8 Å². The third-order valence-corrected chi connectivity index (χ3v) is 6.21. The lowest BCUT2D eigenvalue weighted by Crippen LogP contribution is -2.36. The summed E-state index contributed by atoms with van der Waals surface area (Å²) in [5.74, 6) is -2.41. The largest absolute Gasteiger partial charge is 0.481 e. The molecule has 0 unspecified atom stereocenters. The summed E-state index contributed by atoms with van der Waals surface area (Å²) in [5.41, 5.74) is 3.34. The van der Waals surface area contributed by atoms with Gasteiger partial charge in [0.25, 0.3) is 0 Å². The summed E-state index contributed by atoms with van der Waals surface area (Å²) in [6.07, 6.45) is 2.78. The second-order valence-electron chi connectivity index (χ2n) is 7.04. The molecule has 140 valence electrons. The van der Waals surface area contributed by atoms with Gasteiger partial charge in [-0.25, -0.2) is 0 Å². The van der Waals surface area contributed by atoms with Crippen molar-refractivity contribution in [1.82, 2.24) is 0 Å². The Morgan fingerprint density at radius 1 is 1.15 bits per heavy atom. The summed E-state index contributed by atoms with van der Waals surface area (Å²) in [4.78, 5) is 25.2. The number of carboxylic acids is 1. The van der Waals surface area contributed by atoms with Crippen LogP contribution in [0.25, 0.3) is 11.1 Å². The molecule has 1 aromatic carbocycles. The summed E-state index contributed by atoms with van der Waals surface area (Å²) in [7, 11) is 0. The van der Waals surface area contributed by atoms with E-state index in [1.807, 2.05) is 38.1 Å². The average Bonchev–Trinajstić information content (AvgIpc) is 2.97. The minimum absolute atomic E-state index is 0.296. The van der Waals surface area contributed by atoms with Crippen LogP contribution in [0.2, 0.25) is 0 Å². The van der Waals surface area contributed by atoms with E-state index in [9.17, 15) is 20.0 Å². The normalized spacial score (nSPS) is 19.3. The van der Waals surface area contributed by atoms with E-state index in [1.165, 1.54) is 11.3 Å². The first-order valence-electron chi connectivity index (χ1n) is 9.06. The number of anilines is 1. The van der Waals surface area contributed by atoms with Crippen LogP contribution < -0.4 is 5.32 Å². The lowest BCUT2D eigenvalue weighted by atomic mass is 9.79. The number of rotatable bonds is 4. The summed E-state index contributed by atoms with van der Waals surface area (Å²) in [5, 5.41) is 22.5. The number of aliphatic carboxylic acids is 1. The van der Waals surface area contributed by atoms with Gasteiger partial charge >= 0.3 is 5.97 Å². The van der Waals surface area contributed by atoms with Gasteiger partial charge in [0.15, 0.2) is 0 Å². The standard InChI is InChI=1S/C21H22N2O3S/c1-12-7-9-14(10-8-12)18-13(2)27-20(17(18)11-22)23-19(24)15-5-3-4-6-16(15)21(25)26/h7-10,15-16H,3-6H2,1-2H3,(H,23,24)(H,25,26)/t15-,16-/m1/s1. The minimum Gasteiger partial charge on any atom is -0.481 e. The summed E-state index contributed by atoms with van der Waals surface area (Å²) in [6, 6.07) is 10.1. The van der Waals surface area contributed by atoms with Gasteiger partial charge < -0.3 is 10.4 Å². The molecule has 0 aliphatic heterocycles. The van der Waals surface area contributed by atoms with E-state index in [4.69, 9.17) is 0 Å². The molecule has 1 amide bonds. The SMILES string of the molecule is Cc1ccc(-c2c(C)sc(NC(=O)[C@@H]3CCCC[C@H]3C(=O)O)c2C#N)cc1. The van der Waals surface area contributed by atoms with E-state index < -0.39 is 17.8 Å². The Morgan fingerprint density at radius 2 is 1.78 bits per heavy atom. The number of benzene rings is 1. The fraction of sp³-hybridized carbons (Fsp3) is 0.381. The molecule has 1 heterocycles. The summed E-state index contributed by atoms with van der Waals surface area (Å²) in [6.45, 7) is 3.93. The molecule has 1 aliphatic carbocycles. The molecule has 0 spiro atoms. The Hall–Kier alpha value is -2.65. The van der Waals surface area contributed by atoms with Crippen LogP contribution in [0, 0.1) is 37.0 Å². The second kappa shape index (κ2) is 7.93. The smallest absolute Gasteiger partial charge is 0.307 e. The third kappa shape index (κ3) is 3.88. The van der Waals surface area contributed by atoms with Crippen molar-refractivity contribution in [2.75, 3.05) is 5.32 Å². The zero-order valence-electron chi connectivity index (χ0n) is 15.4. The van der Waals surface area contributed by atoms with E-state index in [0.29, 0.717) is 23.4 Å². The topological polar surface area (TPSA) is 90.2 Å². The van der Waals surface area contributed by atoms with Crippen molar-refractivity contribution in [3.05, 3.63) is 40.3 Å². The minimum atomic E-state index is -0.918. The molecule has 2 aromatic rings. The number of nitrogens with zero attached hydrogens (tertiary/aromatic N) is 1. The predicted molar refractivity (Wildman–Crippen MR) is 106 cm³/mol. The number of carbonyl (C=O) groups is 2. The van der Waals surface area contributed by atoms with Crippen molar-refractivity contribution in [3.8, 4) is 17.2 Å². The van der Waals surface area contributed by atoms with Gasteiger partial charge in [-0.3, -0.25) is 9.59 Å². The van der Waals surface area contributed by atoms with E-state index in [1.54, 1.807) is 0 Å². The maximum Gasteiger partial charge on any atom is 0.307 e. The molecule has 5 nitrogen and oxygen atoms in total. The van der Waals surface area contributed by atoms with E-state index in [0.717, 1.165) is 34.4 Å². The fourth-order valence-electron chi connectivity index (χ4n) is 3.75. The van der Waals surface area contributed by atoms with Gasteiger partial charge in [-0.15, -0.1) is 11.3 Å². The average molecular weight is 382 g/mol. The molecule has 0 saturated heterocycles. The van der Waals surface area contributed by atoms with E-state index in [2.05, 4.69) is 11.4 Å². The molecule has 1 saturated carbocycles. The molecule has 6 heteroatoms. The highest BCUT2D eigenvalue weighted by Crippen LogP contribution is 2.40. The van der Waals surface area contributed by atoms with E-state index >= 15 is 0 Å². The number of carbonyl (C=O) groups excluding carboxylic acids is 1. The zero-order chi connectivity index (χ0) is 19.6. The van der Waals surface area contributed by atoms with Gasteiger partial charge in [0.2, 0.25) is 5.91 Å². The van der Waals surface area contributed by atoms with Gasteiger partial charge in [0, 0.05) is 10.4 Å². The molecule has 3 rings (SSSR count). The number of nitrogens with one attached hydrogen (secondary N) is 1. The number of hydrogen-bond donors (Lipinski definition) is 2. The second-order valence-corrected chi connectivity index (χ2v) is 8.26. The Balaban J connectivity index is 1.90. The molecule has 27 heavy (non-hydrogen) atoms. The number of hydrogen-bond acceptors (Lipinski definition) is 4. The predicted octanol–water partition coefficient (Wildman–Crippen LogP) is 4.73. The Labute approximate surface area is 162 Å². The van der Waals surface area contributed by atoms with Crippen molar-refractivity contribution >= 4 is 28.2 Å². The van der Waals surface area contributed by atoms with Gasteiger partial charge in [-0.2, -0.15) is 5.26 Å². The van der Waals surface area contributed by atoms with Crippen LogP contribution in [-0.2, 0) is 9.59 Å². The van der Waals surface area contributed by atoms with Crippen LogP contribution in [0.3, 0.4) is 0 Å². The molecule has 2 N–H and O–H groups in total. The molecule has 1 aliphatic rings. The molecule has 1 fully saturated rings. The van der Waals surface area contributed by atoms with E-state index in [-0.39, 0.29) is 5.91 Å². The molecule has 0 radical (unpaired) electrons. The lowest BCUT2D eigenvalue weighted by molar-refractivity contribution is -0.147. The molecule has 2 atom stereocenters. The van der Waals surface area contributed by atoms with Crippen molar-refractivity contribution in [2.45, 2.75) is 39.5 Å². The molecule has 0 bridgehead atoms. The Morgan fingerprint density at radius 3 is 2.37 bits per heavy atom. The fourth-order valence-corrected chi connectivity index (χ4v) is 4.78. The maximum absolute atomic E-state index is 12.8. The highest BCUT2D eigenvalue weighted by Gasteiger charge is 2.36. The summed E-state index contributed by atoms with van der Waals surface area (Å²) < 4.78 is 0. The molecular weight excluding hydrogens is 360 g/mol. The van der Waals surface area contributed by atoms with Crippen LogP contribution in [-0.4, -0.2) is 17.0 Å². The van der Waals surface area contributed by atoms with Crippen molar-refractivity contribution in [1.29, 1.82) is 5.26 Å². The van der Waals surface area contributed by atoms with Crippen molar-refractivity contribution in [3.63, 3.8) is 0 Å². The van der Waals surface area contributed by atoms with Gasteiger partial charge in [-0.1, -0.05) is 42.7 Å². The lowest BCUT2D eigenvalue weighted by Gasteiger charge is -2.27. The van der Waals surface area contributed by atoms with Crippen LogP contribution >= 0.6 is 11.3 Å². The number of amides is 1. The number of thiophene rings is 1. The quantitative estimate of drug-likeness (QED) is 0.799.